The first-order valence-corrected chi connectivity index (χ1v) is 18.0. The number of hydrogen-bond acceptors (Lipinski definition) is 7. The summed E-state index contributed by atoms with van der Waals surface area (Å²) in [4.78, 5) is 17.2. The highest BCUT2D eigenvalue weighted by Crippen LogP contribution is 2.29. The van der Waals surface area contributed by atoms with E-state index in [9.17, 15) is 34.8 Å². The minimum atomic E-state index is -4.00. The van der Waals surface area contributed by atoms with E-state index in [1.807, 2.05) is 22.6 Å². The van der Waals surface area contributed by atoms with Crippen LogP contribution in [0.4, 0.5) is 20.2 Å². The number of carbonyl (C=O) groups excluding carboxylic acids is 1. The van der Waals surface area contributed by atoms with Gasteiger partial charge in [-0.2, -0.15) is 0 Å². The molecule has 1 amide bonds. The molecule has 0 saturated heterocycles. The normalized spacial score (nSPS) is 12.8. The van der Waals surface area contributed by atoms with Gasteiger partial charge in [0.25, 0.3) is 27.2 Å². The number of aromatic nitrogens is 2. The average Bonchev–Trinajstić information content (AvgIpc) is 3.27. The van der Waals surface area contributed by atoms with Crippen LogP contribution in [0.15, 0.2) is 65.7 Å². The lowest BCUT2D eigenvalue weighted by Crippen LogP contribution is -2.30. The van der Waals surface area contributed by atoms with Gasteiger partial charge in [0.2, 0.25) is 0 Å². The zero-order valence-electron chi connectivity index (χ0n) is 22.4. The van der Waals surface area contributed by atoms with E-state index in [2.05, 4.69) is 10.3 Å². The highest BCUT2D eigenvalue weighted by molar-refractivity contribution is 14.1. The van der Waals surface area contributed by atoms with Crippen LogP contribution in [0.25, 0.3) is 11.0 Å². The van der Waals surface area contributed by atoms with Gasteiger partial charge < -0.3 is 5.32 Å². The van der Waals surface area contributed by atoms with Gasteiger partial charge in [-0.15, -0.1) is 0 Å². The third-order valence-corrected chi connectivity index (χ3v) is 11.7. The minimum Gasteiger partial charge on any atom is -0.320 e. The van der Waals surface area contributed by atoms with Gasteiger partial charge in [-0.25, -0.2) is 38.8 Å². The Balaban J connectivity index is 1.61. The second kappa shape index (κ2) is 13.3. The highest BCUT2D eigenvalue weighted by Gasteiger charge is 2.27. The van der Waals surface area contributed by atoms with E-state index in [-0.39, 0.29) is 40.7 Å². The standard InChI is InChI=1S/C26H25F2IN4O7S3/c1-2-12-42(37,38)13-6-11-32(41(35)36)21-10-9-20(27)23(24(21)28)26(34)31-18-14-17-15-22(29)33(25(17)30-16-18)43(39,40)19-7-4-3-5-8-19/h3-5,7-10,14-16H,2,6,11-13H2,1H3,(H,31,34)(H,35,36). The molecule has 4 rings (SSSR count). The number of nitrogens with zero attached hydrogens (tertiary/aromatic N) is 3. The quantitative estimate of drug-likeness (QED) is 0.157. The number of sulfone groups is 1. The molecular weight excluding hydrogens is 741 g/mol. The zero-order chi connectivity index (χ0) is 31.5. The highest BCUT2D eigenvalue weighted by atomic mass is 127. The minimum absolute atomic E-state index is 0.00363. The van der Waals surface area contributed by atoms with Crippen molar-refractivity contribution in [3.8, 4) is 0 Å². The molecule has 2 heterocycles. The molecule has 0 spiro atoms. The van der Waals surface area contributed by atoms with Crippen LogP contribution in [0.5, 0.6) is 0 Å². The lowest BCUT2D eigenvalue weighted by molar-refractivity contribution is 0.101. The van der Waals surface area contributed by atoms with Crippen molar-refractivity contribution in [1.29, 1.82) is 0 Å². The van der Waals surface area contributed by atoms with Crippen molar-refractivity contribution >= 4 is 82.0 Å². The molecule has 0 aliphatic heterocycles. The summed E-state index contributed by atoms with van der Waals surface area (Å²) in [7, 11) is -7.42. The summed E-state index contributed by atoms with van der Waals surface area (Å²) >= 11 is -0.990. The Labute approximate surface area is 262 Å². The fourth-order valence-electron chi connectivity index (χ4n) is 4.29. The molecule has 2 aromatic carbocycles. The summed E-state index contributed by atoms with van der Waals surface area (Å²) in [5.74, 6) is -4.31. The number of anilines is 2. The molecule has 4 aromatic rings. The maximum absolute atomic E-state index is 15.5. The van der Waals surface area contributed by atoms with Gasteiger partial charge in [-0.1, -0.05) is 25.1 Å². The molecular formula is C26H25F2IN4O7S3. The van der Waals surface area contributed by atoms with Crippen LogP contribution >= 0.6 is 22.6 Å². The molecule has 1 atom stereocenters. The second-order valence-corrected chi connectivity index (χ2v) is 15.3. The van der Waals surface area contributed by atoms with Crippen LogP contribution in [0.3, 0.4) is 0 Å². The largest absolute Gasteiger partial charge is 0.320 e. The average molecular weight is 767 g/mol. The van der Waals surface area contributed by atoms with E-state index in [4.69, 9.17) is 0 Å². The first kappa shape index (κ1) is 32.9. The van der Waals surface area contributed by atoms with Gasteiger partial charge in [0.15, 0.2) is 11.5 Å². The van der Waals surface area contributed by atoms with Gasteiger partial charge in [-0.05, 0) is 71.8 Å². The molecule has 1 unspecified atom stereocenters. The Morgan fingerprint density at radius 1 is 1.09 bits per heavy atom. The van der Waals surface area contributed by atoms with Gasteiger partial charge in [-0.3, -0.25) is 13.7 Å². The SMILES string of the molecule is CCCS(=O)(=O)CCCN(c1ccc(F)c(C(=O)Nc2cnc3c(c2)cc(I)n3S(=O)(=O)c2ccccc2)c1F)S(=O)O. The van der Waals surface area contributed by atoms with Gasteiger partial charge in [0.1, 0.15) is 21.2 Å². The molecule has 17 heteroatoms. The number of carbonyl (C=O) groups is 1. The van der Waals surface area contributed by atoms with Crippen LogP contribution in [-0.4, -0.2) is 58.5 Å². The number of hydrogen-bond donors (Lipinski definition) is 2. The Morgan fingerprint density at radius 3 is 2.44 bits per heavy atom. The first-order valence-electron chi connectivity index (χ1n) is 12.6. The summed E-state index contributed by atoms with van der Waals surface area (Å²) in [5.41, 5.74) is -1.57. The molecule has 2 aromatic heterocycles. The topological polar surface area (TPSA) is 156 Å². The number of rotatable bonds is 12. The number of nitrogens with one attached hydrogen (secondary N) is 1. The van der Waals surface area contributed by atoms with E-state index >= 15 is 4.39 Å². The Hall–Kier alpha value is -3.00. The van der Waals surface area contributed by atoms with Crippen molar-refractivity contribution in [1.82, 2.24) is 8.96 Å². The summed E-state index contributed by atoms with van der Waals surface area (Å²) in [5, 5.41) is 2.64. The number of benzene rings is 2. The first-order chi connectivity index (χ1) is 20.3. The van der Waals surface area contributed by atoms with E-state index in [1.54, 1.807) is 25.1 Å². The molecule has 11 nitrogen and oxygen atoms in total. The van der Waals surface area contributed by atoms with Crippen molar-refractivity contribution in [2.75, 3.05) is 27.7 Å². The summed E-state index contributed by atoms with van der Waals surface area (Å²) in [6.07, 6.45) is 1.40. The lowest BCUT2D eigenvalue weighted by Gasteiger charge is -2.21. The molecule has 2 N–H and O–H groups in total. The molecule has 0 aliphatic rings. The monoisotopic (exact) mass is 766 g/mol. The van der Waals surface area contributed by atoms with E-state index in [0.29, 0.717) is 19.8 Å². The predicted molar refractivity (Wildman–Crippen MR) is 167 cm³/mol. The van der Waals surface area contributed by atoms with Crippen LogP contribution in [0, 0.1) is 15.3 Å². The van der Waals surface area contributed by atoms with Crippen LogP contribution in [-0.2, 0) is 31.1 Å². The lowest BCUT2D eigenvalue weighted by atomic mass is 10.1. The van der Waals surface area contributed by atoms with E-state index in [1.165, 1.54) is 24.3 Å². The molecule has 0 fully saturated rings. The number of amides is 1. The van der Waals surface area contributed by atoms with Crippen molar-refractivity contribution in [3.63, 3.8) is 0 Å². The molecule has 0 aliphatic carbocycles. The molecule has 0 bridgehead atoms. The fourth-order valence-corrected chi connectivity index (χ4v) is 9.00. The van der Waals surface area contributed by atoms with Crippen molar-refractivity contribution in [3.05, 3.63) is 81.7 Å². The number of pyridine rings is 1. The van der Waals surface area contributed by atoms with Crippen LogP contribution < -0.4 is 9.62 Å². The third-order valence-electron chi connectivity index (χ3n) is 6.18. The molecule has 0 radical (unpaired) electrons. The molecule has 0 saturated carbocycles. The Bertz CT molecular complexity index is 1920. The van der Waals surface area contributed by atoms with Crippen molar-refractivity contribution < 1.29 is 39.2 Å². The van der Waals surface area contributed by atoms with Crippen molar-refractivity contribution in [2.45, 2.75) is 24.7 Å². The molecule has 43 heavy (non-hydrogen) atoms. The summed E-state index contributed by atoms with van der Waals surface area (Å²) < 4.78 is 104. The van der Waals surface area contributed by atoms with Gasteiger partial charge in [0.05, 0.1) is 31.9 Å². The Kier molecular flexibility index (Phi) is 10.2. The predicted octanol–water partition coefficient (Wildman–Crippen LogP) is 4.57. The summed E-state index contributed by atoms with van der Waals surface area (Å²) in [6.45, 7) is 1.33. The van der Waals surface area contributed by atoms with Crippen LogP contribution in [0.1, 0.15) is 30.1 Å². The Morgan fingerprint density at radius 2 is 1.79 bits per heavy atom. The van der Waals surface area contributed by atoms with Gasteiger partial charge in [0, 0.05) is 17.7 Å². The molecule has 230 valence electrons. The van der Waals surface area contributed by atoms with Crippen molar-refractivity contribution in [2.24, 2.45) is 0 Å². The smallest absolute Gasteiger partial charge is 0.270 e. The number of fused-ring (bicyclic) bond motifs is 1. The third kappa shape index (κ3) is 7.22. The summed E-state index contributed by atoms with van der Waals surface area (Å²) in [6, 6.07) is 12.2. The zero-order valence-corrected chi connectivity index (χ0v) is 27.0. The van der Waals surface area contributed by atoms with E-state index in [0.717, 1.165) is 22.3 Å². The maximum Gasteiger partial charge on any atom is 0.270 e. The maximum atomic E-state index is 15.5. The number of halogens is 3. The fraction of sp³-hybridized carbons (Fsp3) is 0.231. The van der Waals surface area contributed by atoms with Crippen LogP contribution in [0.2, 0.25) is 0 Å². The second-order valence-electron chi connectivity index (χ2n) is 9.23. The van der Waals surface area contributed by atoms with E-state index < -0.39 is 59.9 Å². The van der Waals surface area contributed by atoms with Gasteiger partial charge >= 0.3 is 0 Å².